The fraction of sp³-hybridized carbons (Fsp3) is 0.333. The Labute approximate surface area is 114 Å². The van der Waals surface area contributed by atoms with Gasteiger partial charge in [0.1, 0.15) is 11.9 Å². The molecular formula is C12H12ClN3O3. The summed E-state index contributed by atoms with van der Waals surface area (Å²) in [6.45, 7) is 1.41. The Hall–Kier alpha value is -1.63. The second kappa shape index (κ2) is 5.16. The van der Waals surface area contributed by atoms with E-state index >= 15 is 0 Å². The number of benzene rings is 1. The van der Waals surface area contributed by atoms with Gasteiger partial charge in [0.15, 0.2) is 0 Å². The van der Waals surface area contributed by atoms with Crippen LogP contribution in [0.1, 0.15) is 5.89 Å². The highest BCUT2D eigenvalue weighted by Crippen LogP contribution is 2.30. The van der Waals surface area contributed by atoms with Gasteiger partial charge in [0, 0.05) is 5.56 Å². The zero-order valence-corrected chi connectivity index (χ0v) is 10.8. The van der Waals surface area contributed by atoms with E-state index in [0.717, 1.165) is 5.56 Å². The van der Waals surface area contributed by atoms with Crippen LogP contribution in [0, 0.1) is 0 Å². The average Bonchev–Trinajstić information content (AvgIpc) is 2.84. The third kappa shape index (κ3) is 2.56. The molecule has 0 atom stereocenters. The first-order valence-electron chi connectivity index (χ1n) is 5.83. The van der Waals surface area contributed by atoms with Gasteiger partial charge in [0.05, 0.1) is 24.8 Å². The van der Waals surface area contributed by atoms with E-state index in [1.54, 1.807) is 12.1 Å². The molecule has 2 heterocycles. The number of nitrogens with two attached hydrogens (primary N) is 1. The standard InChI is InChI=1S/C12H12ClN3O3/c13-9-3-7(12-15-11(4-14)19-16-12)1-2-10(9)18-8-5-17-6-8/h1-3,8H,4-6,14H2. The SMILES string of the molecule is NCc1nc(-c2ccc(OC3COC3)c(Cl)c2)no1. The van der Waals surface area contributed by atoms with Crippen LogP contribution in [-0.4, -0.2) is 29.5 Å². The zero-order chi connectivity index (χ0) is 13.2. The number of halogens is 1. The minimum absolute atomic E-state index is 0.0809. The molecule has 7 heteroatoms. The van der Waals surface area contributed by atoms with Crippen molar-refractivity contribution >= 4 is 11.6 Å². The van der Waals surface area contributed by atoms with Gasteiger partial charge in [-0.15, -0.1) is 0 Å². The molecule has 1 aromatic carbocycles. The van der Waals surface area contributed by atoms with E-state index in [2.05, 4.69) is 10.1 Å². The van der Waals surface area contributed by atoms with E-state index in [1.165, 1.54) is 0 Å². The highest BCUT2D eigenvalue weighted by atomic mass is 35.5. The minimum atomic E-state index is 0.0809. The van der Waals surface area contributed by atoms with Gasteiger partial charge in [-0.3, -0.25) is 0 Å². The maximum atomic E-state index is 6.17. The van der Waals surface area contributed by atoms with Crippen molar-refractivity contribution in [3.8, 4) is 17.1 Å². The lowest BCUT2D eigenvalue weighted by Crippen LogP contribution is -2.38. The van der Waals surface area contributed by atoms with Gasteiger partial charge < -0.3 is 19.7 Å². The van der Waals surface area contributed by atoms with Crippen molar-refractivity contribution in [2.75, 3.05) is 13.2 Å². The molecule has 2 N–H and O–H groups in total. The first-order valence-corrected chi connectivity index (χ1v) is 6.21. The Balaban J connectivity index is 1.81. The molecule has 0 aliphatic carbocycles. The molecule has 0 spiro atoms. The van der Waals surface area contributed by atoms with Crippen LogP contribution in [0.3, 0.4) is 0 Å². The van der Waals surface area contributed by atoms with Crippen LogP contribution in [0.25, 0.3) is 11.4 Å². The lowest BCUT2D eigenvalue weighted by Gasteiger charge is -2.27. The van der Waals surface area contributed by atoms with Gasteiger partial charge >= 0.3 is 0 Å². The molecule has 100 valence electrons. The molecule has 1 aliphatic rings. The predicted octanol–water partition coefficient (Wildman–Crippen LogP) is 1.63. The fourth-order valence-electron chi connectivity index (χ4n) is 1.65. The normalized spacial score (nSPS) is 15.3. The van der Waals surface area contributed by atoms with Gasteiger partial charge in [-0.2, -0.15) is 4.98 Å². The smallest absolute Gasteiger partial charge is 0.240 e. The quantitative estimate of drug-likeness (QED) is 0.917. The summed E-state index contributed by atoms with van der Waals surface area (Å²) in [5.41, 5.74) is 6.17. The fourth-order valence-corrected chi connectivity index (χ4v) is 1.88. The van der Waals surface area contributed by atoms with Crippen LogP contribution in [0.5, 0.6) is 5.75 Å². The largest absolute Gasteiger partial charge is 0.484 e. The Bertz CT molecular complexity index is 583. The Kier molecular flexibility index (Phi) is 3.37. The third-order valence-electron chi connectivity index (χ3n) is 2.73. The van der Waals surface area contributed by atoms with Crippen LogP contribution < -0.4 is 10.5 Å². The van der Waals surface area contributed by atoms with Gasteiger partial charge in [-0.1, -0.05) is 16.8 Å². The molecule has 0 saturated carbocycles. The van der Waals surface area contributed by atoms with Crippen molar-refractivity contribution < 1.29 is 14.0 Å². The van der Waals surface area contributed by atoms with E-state index in [9.17, 15) is 0 Å². The summed E-state index contributed by atoms with van der Waals surface area (Å²) in [6, 6.07) is 5.35. The summed E-state index contributed by atoms with van der Waals surface area (Å²) in [4.78, 5) is 4.14. The molecule has 1 aromatic heterocycles. The van der Waals surface area contributed by atoms with Gasteiger partial charge in [0.2, 0.25) is 11.7 Å². The zero-order valence-electron chi connectivity index (χ0n) is 10.0. The van der Waals surface area contributed by atoms with Crippen molar-refractivity contribution in [1.29, 1.82) is 0 Å². The van der Waals surface area contributed by atoms with Crippen molar-refractivity contribution in [3.63, 3.8) is 0 Å². The van der Waals surface area contributed by atoms with Crippen LogP contribution in [-0.2, 0) is 11.3 Å². The predicted molar refractivity (Wildman–Crippen MR) is 67.9 cm³/mol. The molecule has 6 nitrogen and oxygen atoms in total. The Morgan fingerprint density at radius 3 is 2.84 bits per heavy atom. The summed E-state index contributed by atoms with van der Waals surface area (Å²) < 4.78 is 15.7. The highest BCUT2D eigenvalue weighted by molar-refractivity contribution is 6.32. The second-order valence-corrected chi connectivity index (χ2v) is 4.55. The number of hydrogen-bond acceptors (Lipinski definition) is 6. The molecule has 19 heavy (non-hydrogen) atoms. The number of rotatable bonds is 4. The summed E-state index contributed by atoms with van der Waals surface area (Å²) >= 11 is 6.17. The monoisotopic (exact) mass is 281 g/mol. The highest BCUT2D eigenvalue weighted by Gasteiger charge is 2.21. The molecule has 2 aromatic rings. The van der Waals surface area contributed by atoms with Crippen LogP contribution in [0.2, 0.25) is 5.02 Å². The van der Waals surface area contributed by atoms with Gasteiger partial charge in [-0.25, -0.2) is 0 Å². The summed E-state index contributed by atoms with van der Waals surface area (Å²) in [6.07, 6.45) is 0.0809. The summed E-state index contributed by atoms with van der Waals surface area (Å²) in [5, 5.41) is 4.33. The molecule has 1 fully saturated rings. The summed E-state index contributed by atoms with van der Waals surface area (Å²) in [5.74, 6) is 1.47. The number of nitrogens with zero attached hydrogens (tertiary/aromatic N) is 2. The Morgan fingerprint density at radius 1 is 1.42 bits per heavy atom. The Morgan fingerprint density at radius 2 is 2.26 bits per heavy atom. The van der Waals surface area contributed by atoms with E-state index in [0.29, 0.717) is 35.7 Å². The van der Waals surface area contributed by atoms with Crippen LogP contribution >= 0.6 is 11.6 Å². The van der Waals surface area contributed by atoms with Crippen molar-refractivity contribution in [2.45, 2.75) is 12.6 Å². The molecule has 0 unspecified atom stereocenters. The van der Waals surface area contributed by atoms with Gasteiger partial charge in [-0.05, 0) is 18.2 Å². The molecule has 1 aliphatic heterocycles. The second-order valence-electron chi connectivity index (χ2n) is 4.14. The molecule has 0 radical (unpaired) electrons. The van der Waals surface area contributed by atoms with E-state index in [1.807, 2.05) is 6.07 Å². The molecule has 3 rings (SSSR count). The van der Waals surface area contributed by atoms with E-state index in [-0.39, 0.29) is 12.6 Å². The van der Waals surface area contributed by atoms with Crippen molar-refractivity contribution in [2.24, 2.45) is 5.73 Å². The number of hydrogen-bond donors (Lipinski definition) is 1. The molecule has 0 amide bonds. The first-order chi connectivity index (χ1) is 9.26. The van der Waals surface area contributed by atoms with Crippen LogP contribution in [0.15, 0.2) is 22.7 Å². The van der Waals surface area contributed by atoms with E-state index in [4.69, 9.17) is 31.3 Å². The molecule has 1 saturated heterocycles. The van der Waals surface area contributed by atoms with E-state index < -0.39 is 0 Å². The minimum Gasteiger partial charge on any atom is -0.484 e. The first kappa shape index (κ1) is 12.4. The maximum absolute atomic E-state index is 6.17. The van der Waals surface area contributed by atoms with Gasteiger partial charge in [0.25, 0.3) is 0 Å². The average molecular weight is 282 g/mol. The maximum Gasteiger partial charge on any atom is 0.240 e. The lowest BCUT2D eigenvalue weighted by molar-refractivity contribution is -0.0796. The number of ether oxygens (including phenoxy) is 2. The topological polar surface area (TPSA) is 83.4 Å². The van der Waals surface area contributed by atoms with Crippen molar-refractivity contribution in [1.82, 2.24) is 10.1 Å². The summed E-state index contributed by atoms with van der Waals surface area (Å²) in [7, 11) is 0. The van der Waals surface area contributed by atoms with Crippen molar-refractivity contribution in [3.05, 3.63) is 29.1 Å². The molecule has 0 bridgehead atoms. The third-order valence-corrected chi connectivity index (χ3v) is 3.03. The number of aromatic nitrogens is 2. The lowest BCUT2D eigenvalue weighted by atomic mass is 10.2. The van der Waals surface area contributed by atoms with Crippen LogP contribution in [0.4, 0.5) is 0 Å². The molecular weight excluding hydrogens is 270 g/mol.